The average Bonchev–Trinajstić information content (AvgIpc) is 2.37. The monoisotopic (exact) mass is 265 g/mol. The van der Waals surface area contributed by atoms with Gasteiger partial charge in [-0.2, -0.15) is 0 Å². The van der Waals surface area contributed by atoms with Crippen molar-refractivity contribution in [1.29, 1.82) is 0 Å². The third-order valence-electron chi connectivity index (χ3n) is 3.14. The highest BCUT2D eigenvalue weighted by Gasteiger charge is 2.28. The fourth-order valence-corrected chi connectivity index (χ4v) is 1.50. The lowest BCUT2D eigenvalue weighted by Crippen LogP contribution is -2.30. The normalized spacial score (nSPS) is 13.1. The van der Waals surface area contributed by atoms with Gasteiger partial charge in [0.1, 0.15) is 12.4 Å². The Morgan fingerprint density at radius 3 is 2.42 bits per heavy atom. The molecule has 2 N–H and O–H groups in total. The Bertz CT molecular complexity index is 412. The van der Waals surface area contributed by atoms with Crippen LogP contribution in [0.1, 0.15) is 26.3 Å². The molecule has 0 spiro atoms. The van der Waals surface area contributed by atoms with E-state index in [0.717, 1.165) is 6.42 Å². The van der Waals surface area contributed by atoms with Crippen LogP contribution in [0.4, 0.5) is 0 Å². The Balaban J connectivity index is 2.55. The Morgan fingerprint density at radius 1 is 1.37 bits per heavy atom. The minimum absolute atomic E-state index is 0.161. The van der Waals surface area contributed by atoms with Gasteiger partial charge in [-0.3, -0.25) is 4.79 Å². The Hall–Kier alpha value is -1.55. The molecule has 0 aliphatic heterocycles. The molecule has 0 saturated heterocycles. The van der Waals surface area contributed by atoms with Crippen molar-refractivity contribution < 1.29 is 14.6 Å². The smallest absolute Gasteiger partial charge is 0.312 e. The van der Waals surface area contributed by atoms with Crippen LogP contribution >= 0.6 is 0 Å². The molecule has 0 bridgehead atoms. The number of carboxylic acid groups (broad SMARTS) is 1. The summed E-state index contributed by atoms with van der Waals surface area (Å²) in [6.07, 6.45) is 0.956. The van der Waals surface area contributed by atoms with E-state index in [2.05, 4.69) is 12.2 Å². The second-order valence-corrected chi connectivity index (χ2v) is 5.52. The van der Waals surface area contributed by atoms with Crippen LogP contribution in [0.2, 0.25) is 0 Å². The van der Waals surface area contributed by atoms with E-state index in [4.69, 9.17) is 9.84 Å². The zero-order valence-electron chi connectivity index (χ0n) is 12.1. The first-order valence-corrected chi connectivity index (χ1v) is 6.47. The van der Waals surface area contributed by atoms with Gasteiger partial charge in [0, 0.05) is 6.04 Å². The molecular weight excluding hydrogens is 242 g/mol. The van der Waals surface area contributed by atoms with Gasteiger partial charge in [-0.05, 0) is 51.9 Å². The molecule has 1 atom stereocenters. The zero-order chi connectivity index (χ0) is 14.5. The van der Waals surface area contributed by atoms with E-state index < -0.39 is 11.4 Å². The van der Waals surface area contributed by atoms with E-state index >= 15 is 0 Å². The molecule has 1 aromatic rings. The van der Waals surface area contributed by atoms with Gasteiger partial charge < -0.3 is 15.2 Å². The molecular formula is C15H23NO3. The summed E-state index contributed by atoms with van der Waals surface area (Å²) in [4.78, 5) is 11.0. The van der Waals surface area contributed by atoms with Crippen molar-refractivity contribution in [3.63, 3.8) is 0 Å². The van der Waals surface area contributed by atoms with E-state index in [1.54, 1.807) is 13.8 Å². The first-order chi connectivity index (χ1) is 8.85. The summed E-state index contributed by atoms with van der Waals surface area (Å²) < 4.78 is 5.52. The molecule has 1 unspecified atom stereocenters. The largest absolute Gasteiger partial charge is 0.492 e. The van der Waals surface area contributed by atoms with Crippen molar-refractivity contribution in [3.8, 4) is 5.75 Å². The predicted octanol–water partition coefficient (Wildman–Crippen LogP) is 2.33. The van der Waals surface area contributed by atoms with E-state index in [1.807, 2.05) is 31.3 Å². The van der Waals surface area contributed by atoms with E-state index in [9.17, 15) is 4.79 Å². The van der Waals surface area contributed by atoms with Crippen molar-refractivity contribution >= 4 is 5.97 Å². The number of aliphatic carboxylic acids is 1. The maximum Gasteiger partial charge on any atom is 0.312 e. The Labute approximate surface area is 114 Å². The number of carboxylic acids is 1. The molecule has 0 aromatic heterocycles. The highest BCUT2D eigenvalue weighted by atomic mass is 16.5. The van der Waals surface area contributed by atoms with Crippen LogP contribution in [-0.2, 0) is 11.2 Å². The molecule has 19 heavy (non-hydrogen) atoms. The fourth-order valence-electron chi connectivity index (χ4n) is 1.50. The minimum atomic E-state index is -0.876. The third-order valence-corrected chi connectivity index (χ3v) is 3.14. The fraction of sp³-hybridized carbons (Fsp3) is 0.533. The van der Waals surface area contributed by atoms with Crippen LogP contribution in [-0.4, -0.2) is 30.8 Å². The number of benzene rings is 1. The van der Waals surface area contributed by atoms with Crippen molar-refractivity contribution in [3.05, 3.63) is 29.8 Å². The first kappa shape index (κ1) is 15.5. The predicted molar refractivity (Wildman–Crippen MR) is 75.6 cm³/mol. The SMILES string of the molecule is CNC(C)Cc1ccc(OCC(C)(C)C(=O)O)cc1. The van der Waals surface area contributed by atoms with Crippen LogP contribution in [0, 0.1) is 5.41 Å². The quantitative estimate of drug-likeness (QED) is 0.794. The van der Waals surface area contributed by atoms with Crippen molar-refractivity contribution in [2.24, 2.45) is 5.41 Å². The highest BCUT2D eigenvalue weighted by molar-refractivity contribution is 5.73. The Kier molecular flexibility index (Phi) is 5.36. The van der Waals surface area contributed by atoms with Gasteiger partial charge >= 0.3 is 5.97 Å². The molecule has 4 nitrogen and oxygen atoms in total. The van der Waals surface area contributed by atoms with Crippen LogP contribution in [0.3, 0.4) is 0 Å². The second kappa shape index (κ2) is 6.57. The maximum atomic E-state index is 11.0. The van der Waals surface area contributed by atoms with Crippen LogP contribution in [0.25, 0.3) is 0 Å². The lowest BCUT2D eigenvalue weighted by molar-refractivity contribution is -0.148. The molecule has 1 rings (SSSR count). The summed E-state index contributed by atoms with van der Waals surface area (Å²) in [6, 6.07) is 8.22. The standard InChI is InChI=1S/C15H23NO3/c1-11(16-4)9-12-5-7-13(8-6-12)19-10-15(2,3)14(17)18/h5-8,11,16H,9-10H2,1-4H3,(H,17,18). The van der Waals surface area contributed by atoms with Crippen LogP contribution < -0.4 is 10.1 Å². The van der Waals surface area contributed by atoms with Gasteiger partial charge in [-0.1, -0.05) is 12.1 Å². The van der Waals surface area contributed by atoms with Gasteiger partial charge in [-0.15, -0.1) is 0 Å². The van der Waals surface area contributed by atoms with Crippen molar-refractivity contribution in [2.45, 2.75) is 33.2 Å². The van der Waals surface area contributed by atoms with Gasteiger partial charge in [0.05, 0.1) is 5.41 Å². The van der Waals surface area contributed by atoms with E-state index in [0.29, 0.717) is 11.8 Å². The molecule has 1 aromatic carbocycles. The average molecular weight is 265 g/mol. The summed E-state index contributed by atoms with van der Waals surface area (Å²) in [7, 11) is 1.94. The lowest BCUT2D eigenvalue weighted by Gasteiger charge is -2.19. The molecule has 0 amide bonds. The van der Waals surface area contributed by atoms with Crippen molar-refractivity contribution in [1.82, 2.24) is 5.32 Å². The molecule has 0 aliphatic rings. The molecule has 106 valence electrons. The minimum Gasteiger partial charge on any atom is -0.492 e. The third kappa shape index (κ3) is 4.91. The number of carbonyl (C=O) groups is 1. The molecule has 0 aliphatic carbocycles. The number of rotatable bonds is 7. The van der Waals surface area contributed by atoms with Crippen LogP contribution in [0.15, 0.2) is 24.3 Å². The van der Waals surface area contributed by atoms with E-state index in [1.165, 1.54) is 5.56 Å². The van der Waals surface area contributed by atoms with Gasteiger partial charge in [0.25, 0.3) is 0 Å². The Morgan fingerprint density at radius 2 is 1.95 bits per heavy atom. The number of hydrogen-bond donors (Lipinski definition) is 2. The number of nitrogens with one attached hydrogen (secondary N) is 1. The summed E-state index contributed by atoms with van der Waals surface area (Å²) in [5.41, 5.74) is 0.353. The van der Waals surface area contributed by atoms with Crippen molar-refractivity contribution in [2.75, 3.05) is 13.7 Å². The van der Waals surface area contributed by atoms with Gasteiger partial charge in [0.2, 0.25) is 0 Å². The summed E-state index contributed by atoms with van der Waals surface area (Å²) >= 11 is 0. The molecule has 0 radical (unpaired) electrons. The van der Waals surface area contributed by atoms with Crippen LogP contribution in [0.5, 0.6) is 5.75 Å². The highest BCUT2D eigenvalue weighted by Crippen LogP contribution is 2.19. The number of ether oxygens (including phenoxy) is 1. The lowest BCUT2D eigenvalue weighted by atomic mass is 9.95. The summed E-state index contributed by atoms with van der Waals surface area (Å²) in [6.45, 7) is 5.59. The summed E-state index contributed by atoms with van der Waals surface area (Å²) in [5, 5.41) is 12.2. The molecule has 4 heteroatoms. The number of hydrogen-bond acceptors (Lipinski definition) is 3. The van der Waals surface area contributed by atoms with Gasteiger partial charge in [0.15, 0.2) is 0 Å². The maximum absolute atomic E-state index is 11.0. The van der Waals surface area contributed by atoms with Gasteiger partial charge in [-0.25, -0.2) is 0 Å². The zero-order valence-corrected chi connectivity index (χ0v) is 12.1. The molecule has 0 fully saturated rings. The molecule has 0 saturated carbocycles. The second-order valence-electron chi connectivity index (χ2n) is 5.52. The van der Waals surface area contributed by atoms with E-state index in [-0.39, 0.29) is 6.61 Å². The molecule has 0 heterocycles. The number of likely N-dealkylation sites (N-methyl/N-ethyl adjacent to an activating group) is 1. The topological polar surface area (TPSA) is 58.6 Å². The first-order valence-electron chi connectivity index (χ1n) is 6.47. The summed E-state index contributed by atoms with van der Waals surface area (Å²) in [5.74, 6) is -0.151.